The van der Waals surface area contributed by atoms with E-state index in [0.717, 1.165) is 18.5 Å². The van der Waals surface area contributed by atoms with E-state index in [9.17, 15) is 5.11 Å². The molecule has 0 fully saturated rings. The Balaban J connectivity index is 2.31. The van der Waals surface area contributed by atoms with Gasteiger partial charge in [-0.1, -0.05) is 19.4 Å². The molecule has 0 bridgehead atoms. The standard InChI is InChI=1S/C12H20N2O2/c1-3-5-11(15)9-13-8-10-6-4-7-12(14-10)16-2/h4,6-7,11,13,15H,3,5,8-9H2,1-2H3. The van der Waals surface area contributed by atoms with E-state index in [1.54, 1.807) is 7.11 Å². The zero-order valence-corrected chi connectivity index (χ0v) is 9.94. The number of ether oxygens (including phenoxy) is 1. The second-order valence-electron chi connectivity index (χ2n) is 3.74. The van der Waals surface area contributed by atoms with Gasteiger partial charge in [0.05, 0.1) is 18.9 Å². The lowest BCUT2D eigenvalue weighted by molar-refractivity contribution is 0.160. The van der Waals surface area contributed by atoms with Crippen LogP contribution in [0.3, 0.4) is 0 Å². The zero-order chi connectivity index (χ0) is 11.8. The maximum absolute atomic E-state index is 9.52. The lowest BCUT2D eigenvalue weighted by Crippen LogP contribution is -2.26. The number of pyridine rings is 1. The third kappa shape index (κ3) is 4.59. The molecule has 0 amide bonds. The summed E-state index contributed by atoms with van der Waals surface area (Å²) in [6.07, 6.45) is 1.56. The fourth-order valence-corrected chi connectivity index (χ4v) is 1.47. The SMILES string of the molecule is CCCC(O)CNCc1cccc(OC)n1. The lowest BCUT2D eigenvalue weighted by Gasteiger charge is -2.10. The summed E-state index contributed by atoms with van der Waals surface area (Å²) >= 11 is 0. The maximum Gasteiger partial charge on any atom is 0.213 e. The Hall–Kier alpha value is -1.13. The topological polar surface area (TPSA) is 54.4 Å². The molecule has 1 aromatic rings. The minimum absolute atomic E-state index is 0.268. The number of aromatic nitrogens is 1. The molecule has 4 heteroatoms. The molecule has 0 radical (unpaired) electrons. The van der Waals surface area contributed by atoms with E-state index < -0.39 is 0 Å². The highest BCUT2D eigenvalue weighted by Crippen LogP contribution is 2.06. The number of aliphatic hydroxyl groups excluding tert-OH is 1. The molecule has 0 aliphatic carbocycles. The fraction of sp³-hybridized carbons (Fsp3) is 0.583. The van der Waals surface area contributed by atoms with Crippen molar-refractivity contribution in [3.8, 4) is 5.88 Å². The molecular formula is C12H20N2O2. The predicted octanol–water partition coefficient (Wildman–Crippen LogP) is 1.34. The van der Waals surface area contributed by atoms with Crippen LogP contribution in [-0.4, -0.2) is 29.8 Å². The molecule has 1 unspecified atom stereocenters. The van der Waals surface area contributed by atoms with Crippen molar-refractivity contribution in [2.75, 3.05) is 13.7 Å². The minimum atomic E-state index is -0.268. The average Bonchev–Trinajstić information content (AvgIpc) is 2.30. The van der Waals surface area contributed by atoms with Gasteiger partial charge in [0.25, 0.3) is 0 Å². The van der Waals surface area contributed by atoms with Gasteiger partial charge in [0.15, 0.2) is 0 Å². The Morgan fingerprint density at radius 2 is 2.31 bits per heavy atom. The fourth-order valence-electron chi connectivity index (χ4n) is 1.47. The summed E-state index contributed by atoms with van der Waals surface area (Å²) in [5.41, 5.74) is 0.919. The molecule has 0 aromatic carbocycles. The quantitative estimate of drug-likeness (QED) is 0.734. The Kier molecular flexibility index (Phi) is 5.82. The van der Waals surface area contributed by atoms with E-state index in [2.05, 4.69) is 17.2 Å². The van der Waals surface area contributed by atoms with Gasteiger partial charge in [-0.3, -0.25) is 0 Å². The summed E-state index contributed by atoms with van der Waals surface area (Å²) < 4.78 is 5.03. The third-order valence-electron chi connectivity index (χ3n) is 2.30. The van der Waals surface area contributed by atoms with Gasteiger partial charge >= 0.3 is 0 Å². The molecule has 1 aromatic heterocycles. The normalized spacial score (nSPS) is 12.4. The number of nitrogens with one attached hydrogen (secondary N) is 1. The third-order valence-corrected chi connectivity index (χ3v) is 2.30. The van der Waals surface area contributed by atoms with Crippen molar-refractivity contribution in [3.05, 3.63) is 23.9 Å². The first-order valence-corrected chi connectivity index (χ1v) is 5.65. The number of aliphatic hydroxyl groups is 1. The van der Waals surface area contributed by atoms with Crippen molar-refractivity contribution < 1.29 is 9.84 Å². The predicted molar refractivity (Wildman–Crippen MR) is 63.4 cm³/mol. The van der Waals surface area contributed by atoms with Crippen LogP contribution in [0.5, 0.6) is 5.88 Å². The second-order valence-corrected chi connectivity index (χ2v) is 3.74. The average molecular weight is 224 g/mol. The first-order valence-electron chi connectivity index (χ1n) is 5.65. The van der Waals surface area contributed by atoms with Gasteiger partial charge in [0.1, 0.15) is 0 Å². The molecule has 90 valence electrons. The van der Waals surface area contributed by atoms with Gasteiger partial charge in [0, 0.05) is 19.2 Å². The van der Waals surface area contributed by atoms with Gasteiger partial charge in [0.2, 0.25) is 5.88 Å². The van der Waals surface area contributed by atoms with Crippen molar-refractivity contribution in [2.45, 2.75) is 32.4 Å². The van der Waals surface area contributed by atoms with E-state index in [1.807, 2.05) is 18.2 Å². The van der Waals surface area contributed by atoms with Crippen molar-refractivity contribution in [1.29, 1.82) is 0 Å². The van der Waals surface area contributed by atoms with E-state index in [1.165, 1.54) is 0 Å². The van der Waals surface area contributed by atoms with E-state index in [-0.39, 0.29) is 6.10 Å². The number of methoxy groups -OCH3 is 1. The summed E-state index contributed by atoms with van der Waals surface area (Å²) in [6.45, 7) is 3.32. The van der Waals surface area contributed by atoms with Gasteiger partial charge in [-0.25, -0.2) is 4.98 Å². The van der Waals surface area contributed by atoms with E-state index in [0.29, 0.717) is 19.0 Å². The van der Waals surface area contributed by atoms with E-state index in [4.69, 9.17) is 4.74 Å². The first-order chi connectivity index (χ1) is 7.76. The van der Waals surface area contributed by atoms with Gasteiger partial charge in [-0.15, -0.1) is 0 Å². The van der Waals surface area contributed by atoms with Crippen LogP contribution in [0.1, 0.15) is 25.5 Å². The van der Waals surface area contributed by atoms with Crippen LogP contribution in [0.4, 0.5) is 0 Å². The van der Waals surface area contributed by atoms with Crippen molar-refractivity contribution >= 4 is 0 Å². The Morgan fingerprint density at radius 3 is 3.00 bits per heavy atom. The monoisotopic (exact) mass is 224 g/mol. The van der Waals surface area contributed by atoms with Crippen LogP contribution in [0.2, 0.25) is 0 Å². The van der Waals surface area contributed by atoms with E-state index >= 15 is 0 Å². The van der Waals surface area contributed by atoms with Crippen LogP contribution in [0.25, 0.3) is 0 Å². The maximum atomic E-state index is 9.52. The highest BCUT2D eigenvalue weighted by atomic mass is 16.5. The minimum Gasteiger partial charge on any atom is -0.481 e. The molecule has 4 nitrogen and oxygen atoms in total. The summed E-state index contributed by atoms with van der Waals surface area (Å²) in [5.74, 6) is 0.619. The molecule has 0 spiro atoms. The van der Waals surface area contributed by atoms with Crippen LogP contribution in [0, 0.1) is 0 Å². The second kappa shape index (κ2) is 7.19. The van der Waals surface area contributed by atoms with Crippen LogP contribution in [0.15, 0.2) is 18.2 Å². The number of hydrogen-bond acceptors (Lipinski definition) is 4. The summed E-state index contributed by atoms with van der Waals surface area (Å²) in [6, 6.07) is 5.66. The van der Waals surface area contributed by atoms with Crippen LogP contribution >= 0.6 is 0 Å². The molecule has 16 heavy (non-hydrogen) atoms. The van der Waals surface area contributed by atoms with Crippen molar-refractivity contribution in [3.63, 3.8) is 0 Å². The molecule has 1 heterocycles. The number of nitrogens with zero attached hydrogens (tertiary/aromatic N) is 1. The van der Waals surface area contributed by atoms with Gasteiger partial charge in [-0.2, -0.15) is 0 Å². The van der Waals surface area contributed by atoms with Gasteiger partial charge < -0.3 is 15.2 Å². The lowest BCUT2D eigenvalue weighted by atomic mass is 10.2. The first kappa shape index (κ1) is 12.9. The Labute approximate surface area is 96.7 Å². The smallest absolute Gasteiger partial charge is 0.213 e. The molecule has 1 atom stereocenters. The molecule has 2 N–H and O–H groups in total. The zero-order valence-electron chi connectivity index (χ0n) is 9.94. The highest BCUT2D eigenvalue weighted by molar-refractivity contribution is 5.15. The molecule has 0 aliphatic heterocycles. The molecule has 1 rings (SSSR count). The van der Waals surface area contributed by atoms with Gasteiger partial charge in [-0.05, 0) is 12.5 Å². The molecule has 0 aliphatic rings. The van der Waals surface area contributed by atoms with Crippen molar-refractivity contribution in [2.24, 2.45) is 0 Å². The number of hydrogen-bond donors (Lipinski definition) is 2. The summed E-state index contributed by atoms with van der Waals surface area (Å²) in [4.78, 5) is 4.27. The molecule has 0 saturated carbocycles. The Morgan fingerprint density at radius 1 is 1.50 bits per heavy atom. The Bertz CT molecular complexity index is 305. The molecule has 0 saturated heterocycles. The largest absolute Gasteiger partial charge is 0.481 e. The highest BCUT2D eigenvalue weighted by Gasteiger charge is 2.02. The van der Waals surface area contributed by atoms with Crippen molar-refractivity contribution in [1.82, 2.24) is 10.3 Å². The molecular weight excluding hydrogens is 204 g/mol. The summed E-state index contributed by atoms with van der Waals surface area (Å²) in [5, 5.41) is 12.7. The summed E-state index contributed by atoms with van der Waals surface area (Å²) in [7, 11) is 1.60. The number of rotatable bonds is 7. The van der Waals surface area contributed by atoms with Crippen LogP contribution in [-0.2, 0) is 6.54 Å². The van der Waals surface area contributed by atoms with Crippen LogP contribution < -0.4 is 10.1 Å².